The maximum absolute atomic E-state index is 11.8. The van der Waals surface area contributed by atoms with Crippen LogP contribution in [0.4, 0.5) is 10.5 Å². The Morgan fingerprint density at radius 2 is 2.15 bits per heavy atom. The quantitative estimate of drug-likeness (QED) is 0.893. The second kappa shape index (κ2) is 6.46. The first-order chi connectivity index (χ1) is 9.50. The number of carbonyl (C=O) groups excluding carboxylic acids is 1. The Morgan fingerprint density at radius 3 is 2.70 bits per heavy atom. The van der Waals surface area contributed by atoms with E-state index in [1.165, 1.54) is 12.8 Å². The molecule has 20 heavy (non-hydrogen) atoms. The van der Waals surface area contributed by atoms with Crippen molar-refractivity contribution in [1.82, 2.24) is 0 Å². The van der Waals surface area contributed by atoms with Gasteiger partial charge in [-0.05, 0) is 37.8 Å². The van der Waals surface area contributed by atoms with Crippen LogP contribution in [0.15, 0.2) is 18.2 Å². The summed E-state index contributed by atoms with van der Waals surface area (Å²) in [6.07, 6.45) is 3.90. The fourth-order valence-electron chi connectivity index (χ4n) is 2.93. The molecule has 110 valence electrons. The van der Waals surface area contributed by atoms with Crippen molar-refractivity contribution >= 4 is 23.3 Å². The number of carbonyl (C=O) groups is 1. The van der Waals surface area contributed by atoms with Crippen LogP contribution in [0.5, 0.6) is 0 Å². The van der Waals surface area contributed by atoms with E-state index in [0.717, 1.165) is 12.8 Å². The van der Waals surface area contributed by atoms with E-state index < -0.39 is 12.1 Å². The summed E-state index contributed by atoms with van der Waals surface area (Å²) in [5.41, 5.74) is 6.71. The lowest BCUT2D eigenvalue weighted by molar-refractivity contribution is 0.199. The second-order valence-electron chi connectivity index (χ2n) is 5.45. The largest absolute Gasteiger partial charge is 0.389 e. The number of nitrogens with zero attached hydrogens (tertiary/aromatic N) is 1. The molecule has 0 heterocycles. The van der Waals surface area contributed by atoms with Crippen LogP contribution < -0.4 is 10.6 Å². The Kier molecular flexibility index (Phi) is 4.89. The van der Waals surface area contributed by atoms with Gasteiger partial charge in [-0.2, -0.15) is 0 Å². The molecule has 5 heteroatoms. The topological polar surface area (TPSA) is 66.6 Å². The molecule has 1 fully saturated rings. The molecule has 1 aromatic rings. The van der Waals surface area contributed by atoms with Crippen LogP contribution in [-0.4, -0.2) is 17.7 Å². The predicted octanol–water partition coefficient (Wildman–Crippen LogP) is 3.47. The van der Waals surface area contributed by atoms with Crippen molar-refractivity contribution in [2.45, 2.75) is 38.7 Å². The summed E-state index contributed by atoms with van der Waals surface area (Å²) in [6, 6.07) is 4.77. The molecule has 1 aromatic carbocycles. The molecule has 0 aliphatic heterocycles. The fourth-order valence-corrected chi connectivity index (χ4v) is 3.26. The number of primary amides is 1. The highest BCUT2D eigenvalue weighted by Crippen LogP contribution is 2.34. The number of aliphatic hydroxyl groups excluding tert-OH is 1. The predicted molar refractivity (Wildman–Crippen MR) is 81.0 cm³/mol. The van der Waals surface area contributed by atoms with Crippen molar-refractivity contribution < 1.29 is 9.90 Å². The minimum Gasteiger partial charge on any atom is -0.389 e. The number of hydrogen-bond acceptors (Lipinski definition) is 2. The highest BCUT2D eigenvalue weighted by molar-refractivity contribution is 6.32. The van der Waals surface area contributed by atoms with Crippen LogP contribution in [-0.2, 0) is 0 Å². The Bertz CT molecular complexity index is 485. The average molecular weight is 297 g/mol. The van der Waals surface area contributed by atoms with Crippen LogP contribution in [0.1, 0.15) is 44.3 Å². The number of aliphatic hydroxyl groups is 1. The number of rotatable bonds is 4. The Labute approximate surface area is 124 Å². The van der Waals surface area contributed by atoms with Crippen LogP contribution in [0, 0.1) is 5.92 Å². The van der Waals surface area contributed by atoms with E-state index in [2.05, 4.69) is 0 Å². The molecule has 0 bridgehead atoms. The first-order valence-electron chi connectivity index (χ1n) is 7.04. The molecule has 1 saturated carbocycles. The molecular weight excluding hydrogens is 276 g/mol. The summed E-state index contributed by atoms with van der Waals surface area (Å²) < 4.78 is 0. The first kappa shape index (κ1) is 15.1. The molecule has 2 rings (SSSR count). The van der Waals surface area contributed by atoms with Crippen LogP contribution in [0.25, 0.3) is 0 Å². The zero-order valence-corrected chi connectivity index (χ0v) is 12.4. The summed E-state index contributed by atoms with van der Waals surface area (Å²) in [7, 11) is 0. The maximum atomic E-state index is 11.8. The Morgan fingerprint density at radius 1 is 1.50 bits per heavy atom. The minimum absolute atomic E-state index is 0.454. The highest BCUT2D eigenvalue weighted by atomic mass is 35.5. The zero-order valence-electron chi connectivity index (χ0n) is 11.7. The smallest absolute Gasteiger partial charge is 0.319 e. The highest BCUT2D eigenvalue weighted by Gasteiger charge is 2.25. The molecule has 4 nitrogen and oxygen atoms in total. The number of hydrogen-bond donors (Lipinski definition) is 2. The fraction of sp³-hybridized carbons (Fsp3) is 0.533. The number of benzene rings is 1. The number of amides is 2. The van der Waals surface area contributed by atoms with E-state index >= 15 is 0 Å². The summed E-state index contributed by atoms with van der Waals surface area (Å²) in [6.45, 7) is 2.23. The van der Waals surface area contributed by atoms with Gasteiger partial charge in [-0.25, -0.2) is 4.79 Å². The van der Waals surface area contributed by atoms with Crippen molar-refractivity contribution in [2.24, 2.45) is 11.7 Å². The average Bonchev–Trinajstić information content (AvgIpc) is 2.87. The molecule has 0 radical (unpaired) electrons. The summed E-state index contributed by atoms with van der Waals surface area (Å²) >= 11 is 6.15. The van der Waals surface area contributed by atoms with Gasteiger partial charge in [-0.15, -0.1) is 0 Å². The molecule has 1 aliphatic rings. The molecule has 0 aromatic heterocycles. The van der Waals surface area contributed by atoms with Gasteiger partial charge in [0.1, 0.15) is 0 Å². The van der Waals surface area contributed by atoms with Crippen LogP contribution in [0.2, 0.25) is 5.02 Å². The lowest BCUT2D eigenvalue weighted by Gasteiger charge is -2.27. The van der Waals surface area contributed by atoms with Gasteiger partial charge in [-0.1, -0.05) is 30.5 Å². The van der Waals surface area contributed by atoms with Crippen molar-refractivity contribution in [1.29, 1.82) is 0 Å². The Balaban J connectivity index is 2.33. The lowest BCUT2D eigenvalue weighted by atomic mass is 10.0. The second-order valence-corrected chi connectivity index (χ2v) is 5.86. The van der Waals surface area contributed by atoms with Crippen LogP contribution >= 0.6 is 11.6 Å². The summed E-state index contributed by atoms with van der Waals surface area (Å²) in [5, 5.41) is 10.4. The molecule has 3 N–H and O–H groups in total. The molecular formula is C15H21ClN2O2. The number of urea groups is 1. The Hall–Kier alpha value is -1.26. The monoisotopic (exact) mass is 296 g/mol. The van der Waals surface area contributed by atoms with E-state index in [0.29, 0.717) is 28.7 Å². The van der Waals surface area contributed by atoms with Crippen molar-refractivity contribution in [2.75, 3.05) is 11.4 Å². The number of nitrogens with two attached hydrogens (primary N) is 1. The molecule has 1 aliphatic carbocycles. The summed E-state index contributed by atoms with van der Waals surface area (Å²) in [5.74, 6) is 0.475. The molecule has 1 atom stereocenters. The summed E-state index contributed by atoms with van der Waals surface area (Å²) in [4.78, 5) is 13.3. The third-order valence-electron chi connectivity index (χ3n) is 3.92. The van der Waals surface area contributed by atoms with Gasteiger partial charge in [0.15, 0.2) is 0 Å². The molecule has 0 spiro atoms. The zero-order chi connectivity index (χ0) is 14.7. The van der Waals surface area contributed by atoms with E-state index in [-0.39, 0.29) is 0 Å². The molecule has 2 amide bonds. The van der Waals surface area contributed by atoms with E-state index in [1.54, 1.807) is 30.0 Å². The third-order valence-corrected chi connectivity index (χ3v) is 4.25. The molecule has 0 saturated heterocycles. The standard InChI is InChI=1S/C15H21ClN2O2/c1-10(19)14-12(16)7-4-8-13(14)18(15(17)20)9-11-5-2-3-6-11/h4,7-8,10-11,19H,2-3,5-6,9H2,1H3,(H2,17,20). The van der Waals surface area contributed by atoms with Gasteiger partial charge in [0.2, 0.25) is 0 Å². The third kappa shape index (κ3) is 3.25. The van der Waals surface area contributed by atoms with Gasteiger partial charge in [0.05, 0.1) is 11.8 Å². The van der Waals surface area contributed by atoms with Gasteiger partial charge >= 0.3 is 6.03 Å². The van der Waals surface area contributed by atoms with E-state index in [1.807, 2.05) is 0 Å². The van der Waals surface area contributed by atoms with Gasteiger partial charge < -0.3 is 10.8 Å². The van der Waals surface area contributed by atoms with Crippen LogP contribution in [0.3, 0.4) is 0 Å². The lowest BCUT2D eigenvalue weighted by Crippen LogP contribution is -2.39. The minimum atomic E-state index is -0.746. The van der Waals surface area contributed by atoms with Crippen molar-refractivity contribution in [3.05, 3.63) is 28.8 Å². The normalized spacial score (nSPS) is 17.1. The number of anilines is 1. The van der Waals surface area contributed by atoms with Crippen molar-refractivity contribution in [3.63, 3.8) is 0 Å². The van der Waals surface area contributed by atoms with Gasteiger partial charge in [0, 0.05) is 17.1 Å². The van der Waals surface area contributed by atoms with Crippen molar-refractivity contribution in [3.8, 4) is 0 Å². The van der Waals surface area contributed by atoms with Gasteiger partial charge in [-0.3, -0.25) is 4.90 Å². The van der Waals surface area contributed by atoms with E-state index in [4.69, 9.17) is 17.3 Å². The molecule has 1 unspecified atom stereocenters. The first-order valence-corrected chi connectivity index (χ1v) is 7.42. The maximum Gasteiger partial charge on any atom is 0.319 e. The van der Waals surface area contributed by atoms with Gasteiger partial charge in [0.25, 0.3) is 0 Å². The van der Waals surface area contributed by atoms with E-state index in [9.17, 15) is 9.90 Å². The number of halogens is 1. The SMILES string of the molecule is CC(O)c1c(Cl)cccc1N(CC1CCCC1)C(N)=O.